The first-order valence-electron chi connectivity index (χ1n) is 4.91. The van der Waals surface area contributed by atoms with Gasteiger partial charge in [0.05, 0.1) is 6.26 Å². The summed E-state index contributed by atoms with van der Waals surface area (Å²) in [6.07, 6.45) is 0.408. The summed E-state index contributed by atoms with van der Waals surface area (Å²) in [6.45, 7) is 0.912. The van der Waals surface area contributed by atoms with E-state index >= 15 is 0 Å². The summed E-state index contributed by atoms with van der Waals surface area (Å²) in [5.41, 5.74) is 0. The molecule has 0 amide bonds. The molecular weight excluding hydrogens is 252 g/mol. The first-order valence-corrected chi connectivity index (χ1v) is 6.76. The van der Waals surface area contributed by atoms with Crippen molar-refractivity contribution in [3.8, 4) is 0 Å². The molecule has 0 bridgehead atoms. The van der Waals surface area contributed by atoms with E-state index in [0.29, 0.717) is 0 Å². The van der Waals surface area contributed by atoms with E-state index in [4.69, 9.17) is 9.94 Å². The number of hydrogen-bond acceptors (Lipinski definition) is 6. The van der Waals surface area contributed by atoms with Gasteiger partial charge in [-0.3, -0.25) is 4.79 Å². The third-order valence-corrected chi connectivity index (χ3v) is 3.50. The highest BCUT2D eigenvalue weighted by molar-refractivity contribution is 7.88. The van der Waals surface area contributed by atoms with Crippen molar-refractivity contribution in [3.63, 3.8) is 0 Å². The number of carboxylic acid groups (broad SMARTS) is 1. The quantitative estimate of drug-likeness (QED) is 0.617. The highest BCUT2D eigenvalue weighted by Crippen LogP contribution is 2.06. The van der Waals surface area contributed by atoms with Crippen LogP contribution in [0, 0.1) is 0 Å². The van der Waals surface area contributed by atoms with Gasteiger partial charge in [0.1, 0.15) is 6.42 Å². The summed E-state index contributed by atoms with van der Waals surface area (Å²) in [6, 6.07) is 0. The fourth-order valence-electron chi connectivity index (χ4n) is 1.39. The SMILES string of the molecule is CS(=O)(=O)N1CCN(OC(=O)CC(=O)O)CC1. The van der Waals surface area contributed by atoms with Crippen LogP contribution in [0.1, 0.15) is 6.42 Å². The number of carboxylic acids is 1. The maximum atomic E-state index is 11.2. The molecule has 1 aliphatic rings. The predicted molar refractivity (Wildman–Crippen MR) is 56.3 cm³/mol. The van der Waals surface area contributed by atoms with E-state index in [1.165, 1.54) is 9.37 Å². The highest BCUT2D eigenvalue weighted by Gasteiger charge is 2.25. The van der Waals surface area contributed by atoms with Gasteiger partial charge in [0, 0.05) is 26.2 Å². The molecule has 0 aliphatic carbocycles. The van der Waals surface area contributed by atoms with Crippen LogP contribution in [0.2, 0.25) is 0 Å². The van der Waals surface area contributed by atoms with Crippen molar-refractivity contribution in [2.75, 3.05) is 32.4 Å². The van der Waals surface area contributed by atoms with Crippen LogP contribution in [0.15, 0.2) is 0 Å². The van der Waals surface area contributed by atoms with E-state index in [1.807, 2.05) is 0 Å². The number of sulfonamides is 1. The van der Waals surface area contributed by atoms with E-state index in [0.717, 1.165) is 6.26 Å². The number of aliphatic carboxylic acids is 1. The molecule has 9 heteroatoms. The number of piperazine rings is 1. The fraction of sp³-hybridized carbons (Fsp3) is 0.750. The van der Waals surface area contributed by atoms with Crippen molar-refractivity contribution in [1.29, 1.82) is 0 Å². The maximum Gasteiger partial charge on any atom is 0.336 e. The molecule has 1 heterocycles. The van der Waals surface area contributed by atoms with E-state index in [-0.39, 0.29) is 26.2 Å². The molecule has 0 saturated carbocycles. The normalized spacial score (nSPS) is 18.9. The summed E-state index contributed by atoms with van der Waals surface area (Å²) in [7, 11) is -3.22. The van der Waals surface area contributed by atoms with Crippen LogP contribution in [-0.4, -0.2) is 67.3 Å². The Labute approximate surface area is 98.8 Å². The Morgan fingerprint density at radius 2 is 1.76 bits per heavy atom. The van der Waals surface area contributed by atoms with Crippen molar-refractivity contribution in [3.05, 3.63) is 0 Å². The lowest BCUT2D eigenvalue weighted by Gasteiger charge is -2.31. The monoisotopic (exact) mass is 266 g/mol. The van der Waals surface area contributed by atoms with Gasteiger partial charge in [-0.15, -0.1) is 5.06 Å². The third-order valence-electron chi connectivity index (χ3n) is 2.19. The molecule has 0 atom stereocenters. The highest BCUT2D eigenvalue weighted by atomic mass is 32.2. The lowest BCUT2D eigenvalue weighted by atomic mass is 10.4. The van der Waals surface area contributed by atoms with Gasteiger partial charge >= 0.3 is 11.9 Å². The first kappa shape index (κ1) is 13.9. The molecule has 0 aromatic carbocycles. The minimum Gasteiger partial charge on any atom is -0.481 e. The van der Waals surface area contributed by atoms with Gasteiger partial charge in [-0.25, -0.2) is 13.2 Å². The lowest BCUT2D eigenvalue weighted by molar-refractivity contribution is -0.196. The zero-order valence-corrected chi connectivity index (χ0v) is 10.1. The number of carbonyl (C=O) groups is 2. The lowest BCUT2D eigenvalue weighted by Crippen LogP contribution is -2.48. The molecule has 98 valence electrons. The molecular formula is C8H14N2O6S. The van der Waals surface area contributed by atoms with E-state index < -0.39 is 28.4 Å². The van der Waals surface area contributed by atoms with Gasteiger partial charge in [0.15, 0.2) is 0 Å². The number of nitrogens with zero attached hydrogens (tertiary/aromatic N) is 2. The van der Waals surface area contributed by atoms with Gasteiger partial charge in [0.2, 0.25) is 10.0 Å². The molecule has 1 saturated heterocycles. The van der Waals surface area contributed by atoms with Crippen molar-refractivity contribution in [1.82, 2.24) is 9.37 Å². The summed E-state index contributed by atoms with van der Waals surface area (Å²) in [5, 5.41) is 9.63. The van der Waals surface area contributed by atoms with Crippen molar-refractivity contribution in [2.24, 2.45) is 0 Å². The molecule has 0 aromatic heterocycles. The summed E-state index contributed by atoms with van der Waals surface area (Å²) in [5.74, 6) is -2.12. The average molecular weight is 266 g/mol. The van der Waals surface area contributed by atoms with Crippen molar-refractivity contribution >= 4 is 22.0 Å². The van der Waals surface area contributed by atoms with Gasteiger partial charge < -0.3 is 9.94 Å². The van der Waals surface area contributed by atoms with Crippen LogP contribution >= 0.6 is 0 Å². The molecule has 0 spiro atoms. The van der Waals surface area contributed by atoms with Crippen molar-refractivity contribution < 1.29 is 28.0 Å². The molecule has 1 fully saturated rings. The minimum absolute atomic E-state index is 0.221. The smallest absolute Gasteiger partial charge is 0.336 e. The number of carbonyl (C=O) groups excluding carboxylic acids is 1. The zero-order valence-electron chi connectivity index (χ0n) is 9.33. The van der Waals surface area contributed by atoms with Gasteiger partial charge in [-0.1, -0.05) is 0 Å². The molecule has 0 unspecified atom stereocenters. The minimum atomic E-state index is -3.22. The Bertz CT molecular complexity index is 398. The summed E-state index contributed by atoms with van der Waals surface area (Å²) >= 11 is 0. The Kier molecular flexibility index (Phi) is 4.43. The molecule has 0 radical (unpaired) electrons. The van der Waals surface area contributed by atoms with Gasteiger partial charge in [-0.05, 0) is 0 Å². The third kappa shape index (κ3) is 4.67. The topological polar surface area (TPSA) is 104 Å². The van der Waals surface area contributed by atoms with Gasteiger partial charge in [-0.2, -0.15) is 4.31 Å². The zero-order chi connectivity index (χ0) is 13.1. The van der Waals surface area contributed by atoms with Gasteiger partial charge in [0.25, 0.3) is 0 Å². The van der Waals surface area contributed by atoms with Crippen LogP contribution in [0.3, 0.4) is 0 Å². The molecule has 1 N–H and O–H groups in total. The molecule has 8 nitrogen and oxygen atoms in total. The second-order valence-electron chi connectivity index (χ2n) is 3.62. The summed E-state index contributed by atoms with van der Waals surface area (Å²) < 4.78 is 23.6. The fourth-order valence-corrected chi connectivity index (χ4v) is 2.22. The van der Waals surface area contributed by atoms with Crippen LogP contribution in [-0.2, 0) is 24.4 Å². The average Bonchev–Trinajstić information content (AvgIpc) is 2.15. The molecule has 17 heavy (non-hydrogen) atoms. The number of rotatable bonds is 4. The second-order valence-corrected chi connectivity index (χ2v) is 5.61. The second kappa shape index (κ2) is 5.43. The van der Waals surface area contributed by atoms with E-state index in [9.17, 15) is 18.0 Å². The van der Waals surface area contributed by atoms with Crippen molar-refractivity contribution in [2.45, 2.75) is 6.42 Å². The summed E-state index contributed by atoms with van der Waals surface area (Å²) in [4.78, 5) is 26.0. The first-order chi connectivity index (χ1) is 7.79. The van der Waals surface area contributed by atoms with Crippen LogP contribution in [0.4, 0.5) is 0 Å². The molecule has 1 rings (SSSR count). The van der Waals surface area contributed by atoms with Crippen LogP contribution < -0.4 is 0 Å². The molecule has 1 aliphatic heterocycles. The van der Waals surface area contributed by atoms with Crippen LogP contribution in [0.25, 0.3) is 0 Å². The number of hydrogen-bond donors (Lipinski definition) is 1. The number of hydroxylamine groups is 2. The Morgan fingerprint density at radius 3 is 2.18 bits per heavy atom. The Morgan fingerprint density at radius 1 is 1.24 bits per heavy atom. The van der Waals surface area contributed by atoms with E-state index in [1.54, 1.807) is 0 Å². The maximum absolute atomic E-state index is 11.2. The largest absolute Gasteiger partial charge is 0.481 e. The standard InChI is InChI=1S/C8H14N2O6S/c1-17(14,15)10-4-2-9(3-5-10)16-8(13)6-7(11)12/h2-6H2,1H3,(H,11,12). The van der Waals surface area contributed by atoms with E-state index in [2.05, 4.69) is 0 Å². The van der Waals surface area contributed by atoms with Crippen LogP contribution in [0.5, 0.6) is 0 Å². The Hall–Kier alpha value is -1.19. The Balaban J connectivity index is 2.38. The molecule has 0 aromatic rings. The predicted octanol–water partition coefficient (Wildman–Crippen LogP) is -1.50.